The number of nitrogens with one attached hydrogen (secondary N) is 1. The Labute approximate surface area is 235 Å². The number of cyclic esters (lactones) is 1. The van der Waals surface area contributed by atoms with Crippen LogP contribution in [0, 0.1) is 16.7 Å². The Bertz CT molecular complexity index is 1470. The van der Waals surface area contributed by atoms with Crippen molar-refractivity contribution in [3.63, 3.8) is 0 Å². The van der Waals surface area contributed by atoms with E-state index in [0.717, 1.165) is 0 Å². The maximum absolute atomic E-state index is 14.0. The third-order valence-corrected chi connectivity index (χ3v) is 8.94. The minimum Gasteiger partial charge on any atom is -0.504 e. The van der Waals surface area contributed by atoms with E-state index in [1.165, 1.54) is 44.5 Å². The van der Waals surface area contributed by atoms with Gasteiger partial charge in [0, 0.05) is 61.2 Å². The first-order chi connectivity index (χ1) is 19.3. The lowest BCUT2D eigenvalue weighted by Crippen LogP contribution is -2.57. The number of benzene rings is 1. The highest BCUT2D eigenvalue weighted by molar-refractivity contribution is 6.14. The number of aromatic carboxylic acids is 1. The van der Waals surface area contributed by atoms with Gasteiger partial charge in [0.2, 0.25) is 5.78 Å². The second-order valence-electron chi connectivity index (χ2n) is 11.3. The molecule has 3 aliphatic carbocycles. The maximum Gasteiger partial charge on any atom is 0.340 e. The number of methoxy groups -OCH3 is 1. The molecule has 2 fully saturated rings. The summed E-state index contributed by atoms with van der Waals surface area (Å²) in [5.74, 6) is -4.45. The van der Waals surface area contributed by atoms with E-state index in [9.17, 15) is 29.1 Å². The largest absolute Gasteiger partial charge is 0.504 e. The Hall–Kier alpha value is -4.25. The van der Waals surface area contributed by atoms with Gasteiger partial charge in [-0.15, -0.1) is 0 Å². The van der Waals surface area contributed by atoms with Gasteiger partial charge in [-0.05, 0) is 43.2 Å². The standard InChI is InChI=1S/C30H31NO10/c1-14(32)40-19-11-29(2)18(9-10-20(29)33)22-24(19)30(3)21(13-39-4)41-28(38)17(23(30)26(35)25(22)34)12-31-16-7-5-15(6-8-16)27(36)37/h5-8,12,18-19,21,31,35H,9-11,13H2,1-4H3,(H,36,37)/b17-12-/t18-,19+,21+,29-,30-/m0/s1. The molecule has 0 aromatic heterocycles. The summed E-state index contributed by atoms with van der Waals surface area (Å²) in [7, 11) is 1.43. The molecule has 0 unspecified atom stereocenters. The summed E-state index contributed by atoms with van der Waals surface area (Å²) in [6, 6.07) is 5.76. The number of esters is 2. The number of anilines is 1. The number of carboxylic acid groups (broad SMARTS) is 1. The number of hydrogen-bond acceptors (Lipinski definition) is 10. The van der Waals surface area contributed by atoms with E-state index in [4.69, 9.17) is 19.3 Å². The zero-order valence-electron chi connectivity index (χ0n) is 23.1. The fourth-order valence-corrected chi connectivity index (χ4v) is 6.96. The van der Waals surface area contributed by atoms with Gasteiger partial charge in [-0.25, -0.2) is 9.59 Å². The molecule has 1 aliphatic heterocycles. The van der Waals surface area contributed by atoms with Crippen molar-refractivity contribution in [2.75, 3.05) is 19.0 Å². The lowest BCUT2D eigenvalue weighted by atomic mass is 9.53. The molecule has 5 atom stereocenters. The molecule has 3 N–H and O–H groups in total. The molecule has 1 saturated heterocycles. The molecule has 5 rings (SSSR count). The number of carboxylic acids is 1. The molecule has 11 nitrogen and oxygen atoms in total. The van der Waals surface area contributed by atoms with Gasteiger partial charge in [0.05, 0.1) is 23.2 Å². The number of rotatable bonds is 6. The van der Waals surface area contributed by atoms with Crippen molar-refractivity contribution in [2.24, 2.45) is 16.7 Å². The van der Waals surface area contributed by atoms with Crippen LogP contribution in [0.2, 0.25) is 0 Å². The number of fused-ring (bicyclic) bond motifs is 4. The monoisotopic (exact) mass is 565 g/mol. The van der Waals surface area contributed by atoms with Crippen molar-refractivity contribution in [3.8, 4) is 0 Å². The number of carbonyl (C=O) groups is 5. The topological polar surface area (TPSA) is 166 Å². The Morgan fingerprint density at radius 2 is 1.85 bits per heavy atom. The molecular weight excluding hydrogens is 534 g/mol. The maximum atomic E-state index is 14.0. The van der Waals surface area contributed by atoms with E-state index in [1.807, 2.05) is 0 Å². The molecule has 0 radical (unpaired) electrons. The van der Waals surface area contributed by atoms with Gasteiger partial charge in [0.15, 0.2) is 5.76 Å². The van der Waals surface area contributed by atoms with Crippen molar-refractivity contribution < 1.29 is 48.4 Å². The molecule has 0 spiro atoms. The third-order valence-electron chi connectivity index (χ3n) is 8.94. The van der Waals surface area contributed by atoms with E-state index in [0.29, 0.717) is 17.7 Å². The van der Waals surface area contributed by atoms with E-state index in [1.54, 1.807) is 13.8 Å². The number of Topliss-reactive ketones (excluding diaryl/α,β-unsaturated/α-hetero) is 2. The molecule has 0 bridgehead atoms. The number of hydrogen-bond donors (Lipinski definition) is 3. The predicted molar refractivity (Wildman–Crippen MR) is 143 cm³/mol. The molecule has 1 heterocycles. The fraction of sp³-hybridized carbons (Fsp3) is 0.433. The number of ether oxygens (including phenoxy) is 3. The normalized spacial score (nSPS) is 31.9. The van der Waals surface area contributed by atoms with Crippen molar-refractivity contribution in [1.82, 2.24) is 0 Å². The first kappa shape index (κ1) is 28.3. The summed E-state index contributed by atoms with van der Waals surface area (Å²) in [6.07, 6.45) is 0.0942. The molecular formula is C30H31NO10. The van der Waals surface area contributed by atoms with E-state index < -0.39 is 58.4 Å². The molecule has 1 aromatic rings. The lowest BCUT2D eigenvalue weighted by molar-refractivity contribution is -0.160. The highest BCUT2D eigenvalue weighted by Gasteiger charge is 2.64. The highest BCUT2D eigenvalue weighted by atomic mass is 16.6. The van der Waals surface area contributed by atoms with Gasteiger partial charge in [-0.3, -0.25) is 14.4 Å². The van der Waals surface area contributed by atoms with Crippen molar-refractivity contribution in [2.45, 2.75) is 52.2 Å². The highest BCUT2D eigenvalue weighted by Crippen LogP contribution is 2.62. The SMILES string of the molecule is COC[C@H]1OC(=O)/C(=C\Nc2ccc(C(=O)O)cc2)C2=C(O)C(=O)C3=C([C@H](OC(C)=O)C[C@]4(C)C(=O)CC[C@@H]34)[C@]21C. The van der Waals surface area contributed by atoms with Crippen LogP contribution in [0.15, 0.2) is 58.5 Å². The van der Waals surface area contributed by atoms with Crippen LogP contribution in [-0.2, 0) is 33.4 Å². The van der Waals surface area contributed by atoms with Crippen LogP contribution in [0.4, 0.5) is 5.69 Å². The molecule has 4 aliphatic rings. The van der Waals surface area contributed by atoms with Crippen molar-refractivity contribution in [3.05, 3.63) is 64.1 Å². The van der Waals surface area contributed by atoms with Gasteiger partial charge >= 0.3 is 17.9 Å². The average molecular weight is 566 g/mol. The first-order valence-electron chi connectivity index (χ1n) is 13.3. The van der Waals surface area contributed by atoms with Gasteiger partial charge < -0.3 is 29.7 Å². The van der Waals surface area contributed by atoms with Crippen LogP contribution in [-0.4, -0.2) is 65.6 Å². The van der Waals surface area contributed by atoms with Crippen LogP contribution in [0.25, 0.3) is 0 Å². The van der Waals surface area contributed by atoms with Crippen LogP contribution >= 0.6 is 0 Å². The van der Waals surface area contributed by atoms with Crippen LogP contribution in [0.3, 0.4) is 0 Å². The summed E-state index contributed by atoms with van der Waals surface area (Å²) < 4.78 is 17.0. The molecule has 1 aromatic carbocycles. The summed E-state index contributed by atoms with van der Waals surface area (Å²) in [4.78, 5) is 63.8. The number of ketones is 2. The number of allylic oxidation sites excluding steroid dienone is 1. The van der Waals surface area contributed by atoms with E-state index in [-0.39, 0.29) is 47.5 Å². The van der Waals surface area contributed by atoms with Crippen molar-refractivity contribution >= 4 is 35.2 Å². The van der Waals surface area contributed by atoms with E-state index in [2.05, 4.69) is 5.32 Å². The Kier molecular flexibility index (Phi) is 6.89. The second-order valence-corrected chi connectivity index (χ2v) is 11.3. The molecule has 0 amide bonds. The lowest BCUT2D eigenvalue weighted by Gasteiger charge is -2.53. The fourth-order valence-electron chi connectivity index (χ4n) is 6.96. The quantitative estimate of drug-likeness (QED) is 0.342. The number of carbonyl (C=O) groups excluding carboxylic acids is 4. The molecule has 216 valence electrons. The van der Waals surface area contributed by atoms with Gasteiger partial charge in [-0.2, -0.15) is 0 Å². The Morgan fingerprint density at radius 3 is 2.46 bits per heavy atom. The Balaban J connectivity index is 1.69. The van der Waals surface area contributed by atoms with Gasteiger partial charge in [0.25, 0.3) is 0 Å². The average Bonchev–Trinajstić information content (AvgIpc) is 3.21. The predicted octanol–water partition coefficient (Wildman–Crippen LogP) is 3.27. The van der Waals surface area contributed by atoms with Gasteiger partial charge in [-0.1, -0.05) is 6.92 Å². The minimum absolute atomic E-state index is 0.000662. The zero-order chi connectivity index (χ0) is 29.9. The zero-order valence-corrected chi connectivity index (χ0v) is 23.1. The summed E-state index contributed by atoms with van der Waals surface area (Å²) >= 11 is 0. The second kappa shape index (κ2) is 9.99. The molecule has 1 saturated carbocycles. The first-order valence-corrected chi connectivity index (χ1v) is 13.3. The van der Waals surface area contributed by atoms with Crippen LogP contribution < -0.4 is 5.32 Å². The molecule has 41 heavy (non-hydrogen) atoms. The summed E-state index contributed by atoms with van der Waals surface area (Å²) in [6.45, 7) is 4.62. The third kappa shape index (κ3) is 4.26. The number of aliphatic hydroxyl groups is 1. The van der Waals surface area contributed by atoms with E-state index >= 15 is 0 Å². The molecule has 11 heteroatoms. The van der Waals surface area contributed by atoms with Gasteiger partial charge in [0.1, 0.15) is 18.0 Å². The minimum atomic E-state index is -1.36. The van der Waals surface area contributed by atoms with Crippen molar-refractivity contribution in [1.29, 1.82) is 0 Å². The summed E-state index contributed by atoms with van der Waals surface area (Å²) in [5, 5.41) is 23.6. The smallest absolute Gasteiger partial charge is 0.340 e. The van der Waals surface area contributed by atoms with Crippen LogP contribution in [0.1, 0.15) is 50.4 Å². The Morgan fingerprint density at radius 1 is 1.17 bits per heavy atom. The van der Waals surface area contributed by atoms with Crippen LogP contribution in [0.5, 0.6) is 0 Å². The summed E-state index contributed by atoms with van der Waals surface area (Å²) in [5.41, 5.74) is -1.33. The number of aliphatic hydroxyl groups excluding tert-OH is 1.